The second kappa shape index (κ2) is 3.59. The van der Waals surface area contributed by atoms with Crippen molar-refractivity contribution in [3.63, 3.8) is 0 Å². The van der Waals surface area contributed by atoms with Gasteiger partial charge in [0.2, 0.25) is 0 Å². The Balaban J connectivity index is 2.47. The van der Waals surface area contributed by atoms with Gasteiger partial charge in [0.05, 0.1) is 19.3 Å². The van der Waals surface area contributed by atoms with Crippen LogP contribution in [0.2, 0.25) is 0 Å². The first-order valence-electron chi connectivity index (χ1n) is 4.83. The molecule has 1 aliphatic rings. The third kappa shape index (κ3) is 1.38. The molecule has 0 radical (unpaired) electrons. The van der Waals surface area contributed by atoms with Gasteiger partial charge in [0, 0.05) is 0 Å². The number of ether oxygens (including phenoxy) is 1. The van der Waals surface area contributed by atoms with Crippen LogP contribution in [-0.4, -0.2) is 18.3 Å². The number of rotatable bonds is 1. The van der Waals surface area contributed by atoms with Crippen LogP contribution in [0.4, 0.5) is 0 Å². The van der Waals surface area contributed by atoms with Crippen molar-refractivity contribution >= 4 is 0 Å². The number of aliphatic hydroxyl groups is 1. The number of methoxy groups -OCH3 is 1. The highest BCUT2D eigenvalue weighted by molar-refractivity contribution is 5.43. The Morgan fingerprint density at radius 2 is 2.29 bits per heavy atom. The molecule has 2 unspecified atom stereocenters. The number of fused-ring (bicyclic) bond motifs is 1. The van der Waals surface area contributed by atoms with Crippen LogP contribution in [0.1, 0.15) is 23.6 Å². The molecule has 0 saturated heterocycles. The summed E-state index contributed by atoms with van der Waals surface area (Å²) in [7, 11) is 1.66. The molecule has 0 saturated carbocycles. The van der Waals surface area contributed by atoms with E-state index in [0.29, 0.717) is 6.42 Å². The molecule has 3 heteroatoms. The predicted octanol–water partition coefficient (Wildman–Crippen LogP) is 1.00. The van der Waals surface area contributed by atoms with Crippen molar-refractivity contribution in [2.24, 2.45) is 5.73 Å². The summed E-state index contributed by atoms with van der Waals surface area (Å²) in [5.41, 5.74) is 8.07. The van der Waals surface area contributed by atoms with Crippen molar-refractivity contribution in [3.05, 3.63) is 29.3 Å². The van der Waals surface area contributed by atoms with E-state index in [2.05, 4.69) is 0 Å². The van der Waals surface area contributed by atoms with E-state index in [4.69, 9.17) is 10.5 Å². The average molecular weight is 193 g/mol. The van der Waals surface area contributed by atoms with E-state index < -0.39 is 6.10 Å². The molecule has 1 aromatic rings. The molecule has 0 aromatic heterocycles. The number of benzene rings is 1. The van der Waals surface area contributed by atoms with Gasteiger partial charge in [-0.3, -0.25) is 0 Å². The Kier molecular flexibility index (Phi) is 2.44. The summed E-state index contributed by atoms with van der Waals surface area (Å²) in [5, 5.41) is 9.62. The van der Waals surface area contributed by atoms with E-state index in [1.807, 2.05) is 18.2 Å². The fourth-order valence-corrected chi connectivity index (χ4v) is 2.03. The second-order valence-electron chi connectivity index (χ2n) is 3.66. The molecule has 2 rings (SSSR count). The van der Waals surface area contributed by atoms with Crippen molar-refractivity contribution in [3.8, 4) is 5.75 Å². The number of hydrogen-bond acceptors (Lipinski definition) is 3. The lowest BCUT2D eigenvalue weighted by Crippen LogP contribution is -2.31. The van der Waals surface area contributed by atoms with Crippen LogP contribution < -0.4 is 10.5 Å². The fraction of sp³-hybridized carbons (Fsp3) is 0.455. The molecule has 76 valence electrons. The molecular weight excluding hydrogens is 178 g/mol. The zero-order valence-electron chi connectivity index (χ0n) is 8.23. The second-order valence-corrected chi connectivity index (χ2v) is 3.66. The van der Waals surface area contributed by atoms with E-state index in [0.717, 1.165) is 23.3 Å². The van der Waals surface area contributed by atoms with Gasteiger partial charge in [-0.15, -0.1) is 0 Å². The molecule has 0 bridgehead atoms. The Hall–Kier alpha value is -1.06. The van der Waals surface area contributed by atoms with Gasteiger partial charge in [0.1, 0.15) is 5.75 Å². The van der Waals surface area contributed by atoms with Crippen LogP contribution in [-0.2, 0) is 6.42 Å². The average Bonchev–Trinajstić information content (AvgIpc) is 2.23. The molecule has 1 aromatic carbocycles. The highest BCUT2D eigenvalue weighted by Gasteiger charge is 2.26. The molecule has 3 N–H and O–H groups in total. The van der Waals surface area contributed by atoms with E-state index >= 15 is 0 Å². The topological polar surface area (TPSA) is 55.5 Å². The monoisotopic (exact) mass is 193 g/mol. The number of nitrogens with two attached hydrogens (primary N) is 1. The van der Waals surface area contributed by atoms with Crippen LogP contribution >= 0.6 is 0 Å². The van der Waals surface area contributed by atoms with Crippen molar-refractivity contribution in [1.29, 1.82) is 0 Å². The largest absolute Gasteiger partial charge is 0.496 e. The van der Waals surface area contributed by atoms with Crippen LogP contribution in [0.15, 0.2) is 18.2 Å². The van der Waals surface area contributed by atoms with Gasteiger partial charge in [0.15, 0.2) is 0 Å². The molecule has 0 amide bonds. The van der Waals surface area contributed by atoms with E-state index in [-0.39, 0.29) is 6.04 Å². The first-order chi connectivity index (χ1) is 6.74. The minimum Gasteiger partial charge on any atom is -0.496 e. The molecule has 1 aliphatic carbocycles. The van der Waals surface area contributed by atoms with Gasteiger partial charge in [0.25, 0.3) is 0 Å². The van der Waals surface area contributed by atoms with Crippen LogP contribution in [0, 0.1) is 0 Å². The minimum atomic E-state index is -0.422. The maximum atomic E-state index is 9.62. The lowest BCUT2D eigenvalue weighted by atomic mass is 9.85. The normalized spacial score (nSPS) is 25.6. The third-order valence-corrected chi connectivity index (χ3v) is 2.85. The highest BCUT2D eigenvalue weighted by Crippen LogP contribution is 2.33. The first kappa shape index (κ1) is 9.49. The molecule has 0 fully saturated rings. The molecule has 2 atom stereocenters. The summed E-state index contributed by atoms with van der Waals surface area (Å²) in [5.74, 6) is 0.879. The van der Waals surface area contributed by atoms with E-state index in [9.17, 15) is 5.11 Å². The fourth-order valence-electron chi connectivity index (χ4n) is 2.03. The predicted molar refractivity (Wildman–Crippen MR) is 54.3 cm³/mol. The van der Waals surface area contributed by atoms with Crippen LogP contribution in [0.25, 0.3) is 0 Å². The van der Waals surface area contributed by atoms with E-state index in [1.165, 1.54) is 0 Å². The van der Waals surface area contributed by atoms with Crippen molar-refractivity contribution < 1.29 is 9.84 Å². The van der Waals surface area contributed by atoms with Gasteiger partial charge in [-0.2, -0.15) is 0 Å². The Morgan fingerprint density at radius 1 is 1.50 bits per heavy atom. The summed E-state index contributed by atoms with van der Waals surface area (Å²) in [6, 6.07) is 5.54. The molecular formula is C11H15NO2. The SMILES string of the molecule is COc1cccc2c1CCC(O)C2N. The zero-order valence-corrected chi connectivity index (χ0v) is 8.23. The number of aliphatic hydroxyl groups excluding tert-OH is 1. The maximum absolute atomic E-state index is 9.62. The van der Waals surface area contributed by atoms with Gasteiger partial charge >= 0.3 is 0 Å². The zero-order chi connectivity index (χ0) is 10.1. The van der Waals surface area contributed by atoms with Gasteiger partial charge in [-0.1, -0.05) is 12.1 Å². The van der Waals surface area contributed by atoms with Gasteiger partial charge in [-0.05, 0) is 30.0 Å². The molecule has 0 aliphatic heterocycles. The molecule has 14 heavy (non-hydrogen) atoms. The van der Waals surface area contributed by atoms with Crippen molar-refractivity contribution in [2.75, 3.05) is 7.11 Å². The number of hydrogen-bond donors (Lipinski definition) is 2. The maximum Gasteiger partial charge on any atom is 0.122 e. The quantitative estimate of drug-likeness (QED) is 0.699. The smallest absolute Gasteiger partial charge is 0.122 e. The Morgan fingerprint density at radius 3 is 3.00 bits per heavy atom. The van der Waals surface area contributed by atoms with Gasteiger partial charge < -0.3 is 15.6 Å². The molecule has 3 nitrogen and oxygen atoms in total. The Labute approximate surface area is 83.5 Å². The lowest BCUT2D eigenvalue weighted by molar-refractivity contribution is 0.127. The Bertz CT molecular complexity index is 338. The van der Waals surface area contributed by atoms with Crippen LogP contribution in [0.5, 0.6) is 5.75 Å². The first-order valence-corrected chi connectivity index (χ1v) is 4.83. The van der Waals surface area contributed by atoms with Crippen molar-refractivity contribution in [2.45, 2.75) is 25.0 Å². The summed E-state index contributed by atoms with van der Waals surface area (Å²) >= 11 is 0. The summed E-state index contributed by atoms with van der Waals surface area (Å²) in [4.78, 5) is 0. The van der Waals surface area contributed by atoms with Crippen LogP contribution in [0.3, 0.4) is 0 Å². The summed E-state index contributed by atoms with van der Waals surface area (Å²) in [6.45, 7) is 0. The lowest BCUT2D eigenvalue weighted by Gasteiger charge is -2.28. The van der Waals surface area contributed by atoms with Gasteiger partial charge in [-0.25, -0.2) is 0 Å². The summed E-state index contributed by atoms with van der Waals surface area (Å²) < 4.78 is 5.26. The standard InChI is InChI=1S/C11H15NO2/c1-14-10-4-2-3-8-7(10)5-6-9(13)11(8)12/h2-4,9,11,13H,5-6,12H2,1H3. The molecule has 0 spiro atoms. The molecule has 0 heterocycles. The summed E-state index contributed by atoms with van der Waals surface area (Å²) in [6.07, 6.45) is 1.14. The third-order valence-electron chi connectivity index (χ3n) is 2.85. The highest BCUT2D eigenvalue weighted by atomic mass is 16.5. The van der Waals surface area contributed by atoms with Crippen molar-refractivity contribution in [1.82, 2.24) is 0 Å². The van der Waals surface area contributed by atoms with E-state index in [1.54, 1.807) is 7.11 Å². The minimum absolute atomic E-state index is 0.270.